The SMILES string of the molecule is CC(CN1CCN(c2nccs2)CC1)C(N)=S. The molecule has 17 heavy (non-hydrogen) atoms. The van der Waals surface area contributed by atoms with E-state index >= 15 is 0 Å². The molecule has 0 aromatic carbocycles. The molecule has 1 aromatic rings. The maximum atomic E-state index is 5.64. The zero-order valence-electron chi connectivity index (χ0n) is 10.0. The first-order valence-electron chi connectivity index (χ1n) is 5.83. The molecule has 2 N–H and O–H groups in total. The van der Waals surface area contributed by atoms with Crippen molar-refractivity contribution in [3.63, 3.8) is 0 Å². The van der Waals surface area contributed by atoms with Crippen LogP contribution in [0.2, 0.25) is 0 Å². The van der Waals surface area contributed by atoms with E-state index in [1.807, 2.05) is 11.6 Å². The number of piperazine rings is 1. The minimum Gasteiger partial charge on any atom is -0.393 e. The maximum absolute atomic E-state index is 5.64. The van der Waals surface area contributed by atoms with Gasteiger partial charge in [-0.3, -0.25) is 4.90 Å². The molecule has 0 spiro atoms. The summed E-state index contributed by atoms with van der Waals surface area (Å²) in [6.07, 6.45) is 1.86. The molecule has 1 unspecified atom stereocenters. The van der Waals surface area contributed by atoms with Crippen LogP contribution in [0.4, 0.5) is 5.13 Å². The van der Waals surface area contributed by atoms with Crippen LogP contribution in [0.1, 0.15) is 6.92 Å². The van der Waals surface area contributed by atoms with Gasteiger partial charge in [0.05, 0.1) is 4.99 Å². The van der Waals surface area contributed by atoms with Crippen molar-refractivity contribution in [2.45, 2.75) is 6.92 Å². The van der Waals surface area contributed by atoms with Gasteiger partial charge >= 0.3 is 0 Å². The molecule has 1 fully saturated rings. The van der Waals surface area contributed by atoms with Crippen molar-refractivity contribution < 1.29 is 0 Å². The molecule has 0 bridgehead atoms. The quantitative estimate of drug-likeness (QED) is 0.833. The predicted molar refractivity (Wildman–Crippen MR) is 76.7 cm³/mol. The van der Waals surface area contributed by atoms with Crippen LogP contribution in [-0.2, 0) is 0 Å². The number of nitrogens with two attached hydrogens (primary N) is 1. The Morgan fingerprint density at radius 1 is 1.53 bits per heavy atom. The van der Waals surface area contributed by atoms with E-state index in [1.54, 1.807) is 11.3 Å². The van der Waals surface area contributed by atoms with Gasteiger partial charge in [-0.1, -0.05) is 19.1 Å². The topological polar surface area (TPSA) is 45.4 Å². The average Bonchev–Trinajstić information content (AvgIpc) is 2.83. The van der Waals surface area contributed by atoms with Crippen LogP contribution in [0.5, 0.6) is 0 Å². The molecule has 0 amide bonds. The van der Waals surface area contributed by atoms with Crippen molar-refractivity contribution in [2.75, 3.05) is 37.6 Å². The van der Waals surface area contributed by atoms with Crippen LogP contribution < -0.4 is 10.6 Å². The zero-order valence-corrected chi connectivity index (χ0v) is 11.6. The molecule has 6 heteroatoms. The van der Waals surface area contributed by atoms with Gasteiger partial charge in [-0.25, -0.2) is 4.98 Å². The summed E-state index contributed by atoms with van der Waals surface area (Å²) in [5, 5.41) is 3.16. The fourth-order valence-electron chi connectivity index (χ4n) is 1.97. The summed E-state index contributed by atoms with van der Waals surface area (Å²) >= 11 is 6.71. The summed E-state index contributed by atoms with van der Waals surface area (Å²) in [5.74, 6) is 0.302. The third-order valence-corrected chi connectivity index (χ3v) is 4.31. The highest BCUT2D eigenvalue weighted by atomic mass is 32.1. The summed E-state index contributed by atoms with van der Waals surface area (Å²) < 4.78 is 0. The highest BCUT2D eigenvalue weighted by molar-refractivity contribution is 7.80. The van der Waals surface area contributed by atoms with Crippen LogP contribution in [0, 0.1) is 5.92 Å². The molecule has 0 aliphatic carbocycles. The molecular formula is C11H18N4S2. The summed E-state index contributed by atoms with van der Waals surface area (Å²) in [7, 11) is 0. The number of hydrogen-bond donors (Lipinski definition) is 1. The summed E-state index contributed by atoms with van der Waals surface area (Å²) in [6.45, 7) is 7.27. The van der Waals surface area contributed by atoms with Gasteiger partial charge in [-0.2, -0.15) is 0 Å². The number of aromatic nitrogens is 1. The molecule has 2 heterocycles. The van der Waals surface area contributed by atoms with E-state index in [0.29, 0.717) is 10.9 Å². The molecule has 0 saturated carbocycles. The number of thiocarbonyl (C=S) groups is 1. The smallest absolute Gasteiger partial charge is 0.185 e. The van der Waals surface area contributed by atoms with E-state index in [4.69, 9.17) is 18.0 Å². The Bertz CT molecular complexity index is 358. The molecular weight excluding hydrogens is 252 g/mol. The number of hydrogen-bond acceptors (Lipinski definition) is 5. The third-order valence-electron chi connectivity index (χ3n) is 3.08. The molecule has 1 aliphatic rings. The second kappa shape index (κ2) is 5.75. The zero-order chi connectivity index (χ0) is 12.3. The molecule has 1 atom stereocenters. The van der Waals surface area contributed by atoms with Gasteiger partial charge in [0.15, 0.2) is 5.13 Å². The first-order valence-corrected chi connectivity index (χ1v) is 7.11. The summed E-state index contributed by atoms with van der Waals surface area (Å²) in [4.78, 5) is 9.72. The fourth-order valence-corrected chi connectivity index (χ4v) is 2.74. The lowest BCUT2D eigenvalue weighted by molar-refractivity contribution is 0.244. The average molecular weight is 270 g/mol. The Labute approximate surface area is 111 Å². The minimum absolute atomic E-state index is 0.302. The van der Waals surface area contributed by atoms with Crippen molar-refractivity contribution >= 4 is 33.7 Å². The second-order valence-electron chi connectivity index (χ2n) is 4.41. The molecule has 1 saturated heterocycles. The lowest BCUT2D eigenvalue weighted by atomic mass is 10.1. The van der Waals surface area contributed by atoms with Crippen molar-refractivity contribution in [3.05, 3.63) is 11.6 Å². The molecule has 94 valence electrons. The number of thiazole rings is 1. The Hall–Kier alpha value is -0.720. The van der Waals surface area contributed by atoms with E-state index in [-0.39, 0.29) is 0 Å². The van der Waals surface area contributed by atoms with E-state index in [1.165, 1.54) is 0 Å². The van der Waals surface area contributed by atoms with Crippen molar-refractivity contribution in [3.8, 4) is 0 Å². The van der Waals surface area contributed by atoms with Gasteiger partial charge < -0.3 is 10.6 Å². The number of rotatable bonds is 4. The van der Waals surface area contributed by atoms with Crippen molar-refractivity contribution in [2.24, 2.45) is 11.7 Å². The van der Waals surface area contributed by atoms with Gasteiger partial charge in [-0.15, -0.1) is 11.3 Å². The Kier molecular flexibility index (Phi) is 4.31. The lowest BCUT2D eigenvalue weighted by Crippen LogP contribution is -2.48. The largest absolute Gasteiger partial charge is 0.393 e. The fraction of sp³-hybridized carbons (Fsp3) is 0.636. The number of nitrogens with zero attached hydrogens (tertiary/aromatic N) is 3. The molecule has 4 nitrogen and oxygen atoms in total. The van der Waals surface area contributed by atoms with E-state index in [2.05, 4.69) is 21.7 Å². The lowest BCUT2D eigenvalue weighted by Gasteiger charge is -2.35. The summed E-state index contributed by atoms with van der Waals surface area (Å²) in [5.41, 5.74) is 5.64. The molecule has 2 rings (SSSR count). The highest BCUT2D eigenvalue weighted by Crippen LogP contribution is 2.19. The van der Waals surface area contributed by atoms with Gasteiger partial charge in [0.1, 0.15) is 0 Å². The Morgan fingerprint density at radius 2 is 2.24 bits per heavy atom. The first-order chi connectivity index (χ1) is 8.16. The second-order valence-corrected chi connectivity index (χ2v) is 5.75. The number of anilines is 1. The standard InChI is InChI=1S/C11H18N4S2/c1-9(10(12)16)8-14-3-5-15(6-4-14)11-13-2-7-17-11/h2,7,9H,3-6,8H2,1H3,(H2,12,16). The molecule has 1 aromatic heterocycles. The maximum Gasteiger partial charge on any atom is 0.185 e. The minimum atomic E-state index is 0.302. The van der Waals surface area contributed by atoms with E-state index < -0.39 is 0 Å². The van der Waals surface area contributed by atoms with Gasteiger partial charge in [0, 0.05) is 50.2 Å². The van der Waals surface area contributed by atoms with E-state index in [0.717, 1.165) is 37.9 Å². The molecule has 0 radical (unpaired) electrons. The first kappa shape index (κ1) is 12.7. The van der Waals surface area contributed by atoms with Gasteiger partial charge in [0.25, 0.3) is 0 Å². The van der Waals surface area contributed by atoms with Crippen LogP contribution in [0.15, 0.2) is 11.6 Å². The summed E-state index contributed by atoms with van der Waals surface area (Å²) in [6, 6.07) is 0. The molecule has 1 aliphatic heterocycles. The van der Waals surface area contributed by atoms with Crippen molar-refractivity contribution in [1.29, 1.82) is 0 Å². The highest BCUT2D eigenvalue weighted by Gasteiger charge is 2.20. The van der Waals surface area contributed by atoms with Crippen LogP contribution in [-0.4, -0.2) is 47.6 Å². The van der Waals surface area contributed by atoms with Crippen LogP contribution in [0.25, 0.3) is 0 Å². The van der Waals surface area contributed by atoms with Crippen LogP contribution in [0.3, 0.4) is 0 Å². The van der Waals surface area contributed by atoms with Crippen LogP contribution >= 0.6 is 23.6 Å². The van der Waals surface area contributed by atoms with E-state index in [9.17, 15) is 0 Å². The van der Waals surface area contributed by atoms with Gasteiger partial charge in [-0.05, 0) is 0 Å². The van der Waals surface area contributed by atoms with Crippen molar-refractivity contribution in [1.82, 2.24) is 9.88 Å². The van der Waals surface area contributed by atoms with Gasteiger partial charge in [0.2, 0.25) is 0 Å². The Balaban J connectivity index is 1.80. The monoisotopic (exact) mass is 270 g/mol. The predicted octanol–water partition coefficient (Wildman–Crippen LogP) is 1.19. The third kappa shape index (κ3) is 3.37. The Morgan fingerprint density at radius 3 is 2.76 bits per heavy atom. The normalized spacial score (nSPS) is 19.2.